The summed E-state index contributed by atoms with van der Waals surface area (Å²) in [4.78, 5) is 13.8. The standard InChI is InChI=1S/C27H32O15/c1-35-10-6-14-17(21(31)18-12(40-14)4-5-13(36-2)25(18)37-3)15(7-10)41-27-24(34)22(32)20(30)16(42-27)9-39-26-23(33)19(29)11(28)8-38-26/h4-7,11,16,19-20,22-24,26-30,32-34H,8-9H2,1-3H3. The molecule has 3 heterocycles. The van der Waals surface area contributed by atoms with E-state index in [2.05, 4.69) is 0 Å². The van der Waals surface area contributed by atoms with Crippen LogP contribution in [-0.4, -0.2) is 120 Å². The molecule has 2 aliphatic heterocycles. The van der Waals surface area contributed by atoms with Gasteiger partial charge in [0.15, 0.2) is 17.8 Å². The van der Waals surface area contributed by atoms with Crippen molar-refractivity contribution in [3.8, 4) is 23.0 Å². The van der Waals surface area contributed by atoms with Gasteiger partial charge in [0.1, 0.15) is 76.2 Å². The number of benzene rings is 2. The highest BCUT2D eigenvalue weighted by Gasteiger charge is 2.46. The third kappa shape index (κ3) is 5.34. The molecule has 230 valence electrons. The van der Waals surface area contributed by atoms with Crippen LogP contribution in [-0.2, 0) is 14.2 Å². The molecule has 0 radical (unpaired) electrons. The van der Waals surface area contributed by atoms with Crippen LogP contribution in [0, 0.1) is 0 Å². The monoisotopic (exact) mass is 596 g/mol. The normalized spacial score (nSPS) is 31.7. The van der Waals surface area contributed by atoms with E-state index in [1.54, 1.807) is 12.1 Å². The Kier molecular flexibility index (Phi) is 8.75. The Morgan fingerprint density at radius 1 is 0.786 bits per heavy atom. The van der Waals surface area contributed by atoms with Crippen LogP contribution in [0.5, 0.6) is 23.0 Å². The number of ether oxygens (including phenoxy) is 7. The van der Waals surface area contributed by atoms with Gasteiger partial charge in [0.05, 0.1) is 34.5 Å². The van der Waals surface area contributed by atoms with Gasteiger partial charge in [0.25, 0.3) is 0 Å². The topological polar surface area (TPSA) is 216 Å². The first-order valence-corrected chi connectivity index (χ1v) is 12.9. The minimum Gasteiger partial charge on any atom is -0.496 e. The van der Waals surface area contributed by atoms with Crippen molar-refractivity contribution in [3.63, 3.8) is 0 Å². The van der Waals surface area contributed by atoms with Crippen LogP contribution in [0.1, 0.15) is 0 Å². The second-order valence-electron chi connectivity index (χ2n) is 9.82. The molecule has 0 amide bonds. The number of aliphatic hydroxyl groups is 6. The molecule has 42 heavy (non-hydrogen) atoms. The molecule has 5 rings (SSSR count). The van der Waals surface area contributed by atoms with Crippen molar-refractivity contribution >= 4 is 21.9 Å². The van der Waals surface area contributed by atoms with Gasteiger partial charge in [-0.25, -0.2) is 0 Å². The molecule has 2 aliphatic rings. The van der Waals surface area contributed by atoms with Crippen molar-refractivity contribution in [1.29, 1.82) is 0 Å². The predicted octanol–water partition coefficient (Wildman–Crippen LogP) is -1.39. The molecule has 15 nitrogen and oxygen atoms in total. The van der Waals surface area contributed by atoms with Crippen LogP contribution in [0.25, 0.3) is 21.9 Å². The van der Waals surface area contributed by atoms with Gasteiger partial charge in [0.2, 0.25) is 11.7 Å². The van der Waals surface area contributed by atoms with Crippen molar-refractivity contribution in [2.45, 2.75) is 55.3 Å². The first kappa shape index (κ1) is 30.2. The molecule has 2 saturated heterocycles. The Balaban J connectivity index is 1.48. The summed E-state index contributed by atoms with van der Waals surface area (Å²) in [7, 11) is 4.17. The summed E-state index contributed by atoms with van der Waals surface area (Å²) in [6, 6.07) is 5.94. The summed E-state index contributed by atoms with van der Waals surface area (Å²) in [5.41, 5.74) is -0.294. The lowest BCUT2D eigenvalue weighted by molar-refractivity contribution is -0.307. The van der Waals surface area contributed by atoms with E-state index in [1.165, 1.54) is 33.5 Å². The molecule has 1 aromatic heterocycles. The highest BCUT2D eigenvalue weighted by atomic mass is 16.7. The molecule has 6 N–H and O–H groups in total. The van der Waals surface area contributed by atoms with E-state index >= 15 is 0 Å². The lowest BCUT2D eigenvalue weighted by atomic mass is 9.99. The minimum atomic E-state index is -1.78. The van der Waals surface area contributed by atoms with Crippen molar-refractivity contribution in [3.05, 3.63) is 34.5 Å². The van der Waals surface area contributed by atoms with Crippen LogP contribution < -0.4 is 24.4 Å². The van der Waals surface area contributed by atoms with Crippen molar-refractivity contribution in [1.82, 2.24) is 0 Å². The molecule has 9 atom stereocenters. The quantitative estimate of drug-likeness (QED) is 0.165. The van der Waals surface area contributed by atoms with Gasteiger partial charge in [-0.3, -0.25) is 4.79 Å². The second-order valence-corrected chi connectivity index (χ2v) is 9.82. The maximum Gasteiger partial charge on any atom is 0.229 e. The van der Waals surface area contributed by atoms with Gasteiger partial charge in [-0.15, -0.1) is 0 Å². The van der Waals surface area contributed by atoms with Gasteiger partial charge in [-0.05, 0) is 12.1 Å². The lowest BCUT2D eigenvalue weighted by Crippen LogP contribution is -2.61. The summed E-state index contributed by atoms with van der Waals surface area (Å²) in [5, 5.41) is 61.4. The highest BCUT2D eigenvalue weighted by Crippen LogP contribution is 2.38. The molecule has 0 spiro atoms. The number of hydrogen-bond donors (Lipinski definition) is 6. The average molecular weight is 597 g/mol. The SMILES string of the molecule is COc1cc(OC2OC(COC3OCC(O)C(O)C3O)C(O)C(O)C2O)c2c(=O)c3c(OC)c(OC)ccc3oc2c1. The highest BCUT2D eigenvalue weighted by molar-refractivity contribution is 5.97. The number of rotatable bonds is 8. The summed E-state index contributed by atoms with van der Waals surface area (Å²) >= 11 is 0. The molecular formula is C27H32O15. The first-order valence-electron chi connectivity index (χ1n) is 12.9. The number of methoxy groups -OCH3 is 3. The van der Waals surface area contributed by atoms with Crippen molar-refractivity contribution in [2.75, 3.05) is 34.5 Å². The summed E-state index contributed by atoms with van der Waals surface area (Å²) in [6.07, 6.45) is -14.0. The number of hydrogen-bond acceptors (Lipinski definition) is 15. The second kappa shape index (κ2) is 12.2. The van der Waals surface area contributed by atoms with Gasteiger partial charge in [-0.2, -0.15) is 0 Å². The zero-order chi connectivity index (χ0) is 30.3. The van der Waals surface area contributed by atoms with Gasteiger partial charge < -0.3 is 68.2 Å². The van der Waals surface area contributed by atoms with Crippen LogP contribution in [0.2, 0.25) is 0 Å². The van der Waals surface area contributed by atoms with Gasteiger partial charge in [0, 0.05) is 12.1 Å². The fourth-order valence-electron chi connectivity index (χ4n) is 4.93. The summed E-state index contributed by atoms with van der Waals surface area (Å²) < 4.78 is 44.3. The van der Waals surface area contributed by atoms with E-state index in [0.717, 1.165) is 0 Å². The fourth-order valence-corrected chi connectivity index (χ4v) is 4.93. The van der Waals surface area contributed by atoms with Crippen LogP contribution >= 0.6 is 0 Å². The number of aliphatic hydroxyl groups excluding tert-OH is 6. The summed E-state index contributed by atoms with van der Waals surface area (Å²) in [5.74, 6) is 0.505. The zero-order valence-electron chi connectivity index (χ0n) is 22.8. The van der Waals surface area contributed by atoms with Gasteiger partial charge >= 0.3 is 0 Å². The first-order chi connectivity index (χ1) is 20.1. The molecular weight excluding hydrogens is 564 g/mol. The Morgan fingerprint density at radius 2 is 1.52 bits per heavy atom. The molecule has 2 fully saturated rings. The van der Waals surface area contributed by atoms with Crippen molar-refractivity contribution in [2.24, 2.45) is 0 Å². The van der Waals surface area contributed by atoms with Crippen LogP contribution in [0.3, 0.4) is 0 Å². The van der Waals surface area contributed by atoms with Gasteiger partial charge in [-0.1, -0.05) is 0 Å². The Hall–Kier alpha value is -3.25. The third-order valence-corrected chi connectivity index (χ3v) is 7.25. The van der Waals surface area contributed by atoms with E-state index in [4.69, 9.17) is 37.6 Å². The zero-order valence-corrected chi connectivity index (χ0v) is 22.8. The minimum absolute atomic E-state index is 0.0598. The van der Waals surface area contributed by atoms with E-state index in [9.17, 15) is 35.4 Å². The molecule has 2 aromatic carbocycles. The third-order valence-electron chi connectivity index (χ3n) is 7.25. The summed E-state index contributed by atoms with van der Waals surface area (Å²) in [6.45, 7) is -0.807. The molecule has 9 unspecified atom stereocenters. The van der Waals surface area contributed by atoms with Crippen LogP contribution in [0.15, 0.2) is 33.5 Å². The van der Waals surface area contributed by atoms with E-state index in [-0.39, 0.29) is 51.5 Å². The largest absolute Gasteiger partial charge is 0.496 e. The predicted molar refractivity (Wildman–Crippen MR) is 141 cm³/mol. The molecule has 0 bridgehead atoms. The smallest absolute Gasteiger partial charge is 0.229 e. The maximum atomic E-state index is 13.8. The van der Waals surface area contributed by atoms with Crippen molar-refractivity contribution < 1.29 is 68.2 Å². The average Bonchev–Trinajstić information content (AvgIpc) is 2.99. The lowest BCUT2D eigenvalue weighted by Gasteiger charge is -2.41. The molecule has 0 saturated carbocycles. The van der Waals surface area contributed by atoms with Crippen LogP contribution in [0.4, 0.5) is 0 Å². The fraction of sp³-hybridized carbons (Fsp3) is 0.519. The number of fused-ring (bicyclic) bond motifs is 2. The van der Waals surface area contributed by atoms with E-state index in [0.29, 0.717) is 0 Å². The Morgan fingerprint density at radius 3 is 2.21 bits per heavy atom. The Labute approximate surface area is 237 Å². The van der Waals surface area contributed by atoms with E-state index in [1.807, 2.05) is 0 Å². The van der Waals surface area contributed by atoms with E-state index < -0.39 is 67.3 Å². The molecule has 0 aliphatic carbocycles. The Bertz CT molecular complexity index is 1470. The maximum absolute atomic E-state index is 13.8. The molecule has 15 heteroatoms. The molecule has 3 aromatic rings.